The Labute approximate surface area is 283 Å². The smallest absolute Gasteiger partial charge is 0.222 e. The number of carbonyl (C=O) groups excluding carboxylic acids is 2. The number of nitrogens with zero attached hydrogens (tertiary/aromatic N) is 2. The predicted octanol–water partition coefficient (Wildman–Crippen LogP) is 11.7. The normalized spacial score (nSPS) is 11.7. The first-order valence-electron chi connectivity index (χ1n) is 18.9. The number of rotatable bonds is 15. The van der Waals surface area contributed by atoms with Crippen molar-refractivity contribution in [3.05, 3.63) is 29.3 Å². The van der Waals surface area contributed by atoms with E-state index in [0.29, 0.717) is 24.2 Å². The average Bonchev–Trinajstić information content (AvgIpc) is 3.57. The fraction of sp³-hybridized carbons (Fsp3) is 0.800. The van der Waals surface area contributed by atoms with Gasteiger partial charge in [0.05, 0.1) is 6.61 Å². The van der Waals surface area contributed by atoms with Gasteiger partial charge in [0.2, 0.25) is 11.8 Å². The first kappa shape index (κ1) is 49.8. The van der Waals surface area contributed by atoms with Crippen LogP contribution in [0.3, 0.4) is 0 Å². The average molecular weight is 637 g/mol. The third-order valence-electron chi connectivity index (χ3n) is 7.58. The molecule has 0 aliphatic carbocycles. The summed E-state index contributed by atoms with van der Waals surface area (Å²) < 4.78 is 5.60. The molecular formula is C40H80N2O3. The van der Waals surface area contributed by atoms with Crippen LogP contribution < -0.4 is 4.74 Å². The molecule has 1 aromatic carbocycles. The van der Waals surface area contributed by atoms with Gasteiger partial charge in [-0.3, -0.25) is 9.59 Å². The second-order valence-corrected chi connectivity index (χ2v) is 11.1. The zero-order valence-electron chi connectivity index (χ0n) is 33.1. The van der Waals surface area contributed by atoms with Crippen LogP contribution in [0.25, 0.3) is 0 Å². The lowest BCUT2D eigenvalue weighted by atomic mass is 9.85. The molecule has 0 saturated heterocycles. The maximum atomic E-state index is 11.4. The number of unbranched alkanes of at least 4 members (excludes halogenated alkanes) is 3. The maximum Gasteiger partial charge on any atom is 0.222 e. The number of fused-ring (bicyclic) bond motifs is 1. The van der Waals surface area contributed by atoms with Crippen molar-refractivity contribution in [1.82, 2.24) is 9.80 Å². The minimum Gasteiger partial charge on any atom is -0.493 e. The highest BCUT2D eigenvalue weighted by molar-refractivity contribution is 5.75. The quantitative estimate of drug-likeness (QED) is 0.192. The fourth-order valence-electron chi connectivity index (χ4n) is 4.46. The van der Waals surface area contributed by atoms with Crippen LogP contribution >= 0.6 is 0 Å². The molecule has 1 aromatic rings. The van der Waals surface area contributed by atoms with Crippen molar-refractivity contribution in [3.8, 4) is 5.75 Å². The number of hydrogen-bond acceptors (Lipinski definition) is 3. The molecule has 2 amide bonds. The van der Waals surface area contributed by atoms with Gasteiger partial charge in [0.25, 0.3) is 0 Å². The van der Waals surface area contributed by atoms with E-state index in [9.17, 15) is 9.59 Å². The van der Waals surface area contributed by atoms with Gasteiger partial charge >= 0.3 is 0 Å². The van der Waals surface area contributed by atoms with Crippen molar-refractivity contribution in [1.29, 1.82) is 0 Å². The van der Waals surface area contributed by atoms with E-state index in [0.717, 1.165) is 64.1 Å². The van der Waals surface area contributed by atoms with Crippen LogP contribution in [0.1, 0.15) is 178 Å². The Bertz CT molecular complexity index is 771. The lowest BCUT2D eigenvalue weighted by Gasteiger charge is -2.23. The molecule has 1 heterocycles. The van der Waals surface area contributed by atoms with Gasteiger partial charge in [0, 0.05) is 46.4 Å². The van der Waals surface area contributed by atoms with Crippen molar-refractivity contribution < 1.29 is 14.3 Å². The molecule has 268 valence electrons. The van der Waals surface area contributed by atoms with Crippen molar-refractivity contribution >= 4 is 11.8 Å². The van der Waals surface area contributed by atoms with Crippen molar-refractivity contribution in [3.63, 3.8) is 0 Å². The van der Waals surface area contributed by atoms with E-state index in [1.807, 2.05) is 65.3 Å². The standard InChI is InChI=1S/C19H29NO2.C11H23NO.C4H10.3C2H6/c1-5-16(12-14(2)8-10-20(4)15(3)21)17-6-7-19-18(13-17)9-11-22-19;1-4-7-9-12(10-8-5-2)11(13)6-3;1-3-4-2;3*1-2/h6-7,13-14,16H,5,8-12H2,1-4H3;4-10H2,1-3H3;3-4H2,1-2H3;3*1-2H3. The van der Waals surface area contributed by atoms with Crippen LogP contribution in [0, 0.1) is 5.92 Å². The van der Waals surface area contributed by atoms with Gasteiger partial charge in [0.15, 0.2) is 0 Å². The molecule has 0 aromatic heterocycles. The van der Waals surface area contributed by atoms with Gasteiger partial charge in [-0.1, -0.05) is 128 Å². The number of benzene rings is 1. The largest absolute Gasteiger partial charge is 0.493 e. The molecule has 0 fully saturated rings. The number of amides is 2. The summed E-state index contributed by atoms with van der Waals surface area (Å²) in [7, 11) is 1.88. The summed E-state index contributed by atoms with van der Waals surface area (Å²) in [5.74, 6) is 2.74. The van der Waals surface area contributed by atoms with Gasteiger partial charge in [-0.05, 0) is 61.1 Å². The van der Waals surface area contributed by atoms with Crippen LogP contribution in [0.4, 0.5) is 0 Å². The second kappa shape index (κ2) is 36.4. The zero-order valence-corrected chi connectivity index (χ0v) is 33.1. The topological polar surface area (TPSA) is 49.9 Å². The zero-order chi connectivity index (χ0) is 35.6. The predicted molar refractivity (Wildman–Crippen MR) is 202 cm³/mol. The van der Waals surface area contributed by atoms with Crippen LogP contribution in [-0.4, -0.2) is 54.9 Å². The lowest BCUT2D eigenvalue weighted by Crippen LogP contribution is -2.32. The molecule has 0 saturated carbocycles. The first-order chi connectivity index (χ1) is 21.7. The van der Waals surface area contributed by atoms with Gasteiger partial charge in [0.1, 0.15) is 5.75 Å². The lowest BCUT2D eigenvalue weighted by molar-refractivity contribution is -0.131. The fourth-order valence-corrected chi connectivity index (χ4v) is 4.46. The molecule has 1 aliphatic heterocycles. The first-order valence-corrected chi connectivity index (χ1v) is 18.9. The van der Waals surface area contributed by atoms with E-state index < -0.39 is 0 Å². The van der Waals surface area contributed by atoms with E-state index in [4.69, 9.17) is 4.74 Å². The van der Waals surface area contributed by atoms with Crippen molar-refractivity contribution in [2.45, 2.75) is 173 Å². The van der Waals surface area contributed by atoms with Crippen LogP contribution in [0.5, 0.6) is 5.75 Å². The Hall–Kier alpha value is -2.04. The van der Waals surface area contributed by atoms with E-state index in [1.165, 1.54) is 43.2 Å². The number of ether oxygens (including phenoxy) is 1. The van der Waals surface area contributed by atoms with Crippen LogP contribution in [0.15, 0.2) is 18.2 Å². The molecule has 0 radical (unpaired) electrons. The third-order valence-corrected chi connectivity index (χ3v) is 7.58. The van der Waals surface area contributed by atoms with Gasteiger partial charge in [-0.15, -0.1) is 0 Å². The Kier molecular flexibility index (Phi) is 40.3. The Morgan fingerprint density at radius 3 is 1.78 bits per heavy atom. The highest BCUT2D eigenvalue weighted by atomic mass is 16.5. The highest BCUT2D eigenvalue weighted by Crippen LogP contribution is 2.33. The van der Waals surface area contributed by atoms with E-state index >= 15 is 0 Å². The summed E-state index contributed by atoms with van der Waals surface area (Å²) in [6.07, 6.45) is 12.3. The van der Waals surface area contributed by atoms with Crippen molar-refractivity contribution in [2.24, 2.45) is 5.92 Å². The summed E-state index contributed by atoms with van der Waals surface area (Å²) in [6.45, 7) is 32.4. The molecule has 0 bridgehead atoms. The summed E-state index contributed by atoms with van der Waals surface area (Å²) in [4.78, 5) is 26.5. The van der Waals surface area contributed by atoms with E-state index in [1.54, 1.807) is 6.92 Å². The van der Waals surface area contributed by atoms with E-state index in [-0.39, 0.29) is 5.91 Å². The maximum absolute atomic E-state index is 11.4. The van der Waals surface area contributed by atoms with Gasteiger partial charge < -0.3 is 14.5 Å². The molecule has 2 atom stereocenters. The summed E-state index contributed by atoms with van der Waals surface area (Å²) >= 11 is 0. The molecule has 2 rings (SSSR count). The SMILES string of the molecule is CC.CC.CC.CCC(CC(C)CCN(C)C(C)=O)c1ccc2c(c1)CCO2.CCCC.CCCCN(CCCC)C(=O)CC. The molecule has 1 aliphatic rings. The number of carbonyl (C=O) groups is 2. The Morgan fingerprint density at radius 2 is 1.36 bits per heavy atom. The minimum absolute atomic E-state index is 0.151. The highest BCUT2D eigenvalue weighted by Gasteiger charge is 2.18. The van der Waals surface area contributed by atoms with Gasteiger partial charge in [-0.25, -0.2) is 0 Å². The molecule has 0 N–H and O–H groups in total. The minimum atomic E-state index is 0.151. The summed E-state index contributed by atoms with van der Waals surface area (Å²) in [5.41, 5.74) is 2.80. The summed E-state index contributed by atoms with van der Waals surface area (Å²) in [6, 6.07) is 6.70. The monoisotopic (exact) mass is 637 g/mol. The molecule has 2 unspecified atom stereocenters. The third kappa shape index (κ3) is 25.8. The number of hydrogen-bond donors (Lipinski definition) is 0. The van der Waals surface area contributed by atoms with Crippen LogP contribution in [-0.2, 0) is 16.0 Å². The Balaban J connectivity index is -0.000000311. The Morgan fingerprint density at radius 1 is 0.822 bits per heavy atom. The van der Waals surface area contributed by atoms with Crippen LogP contribution in [0.2, 0.25) is 0 Å². The molecular weight excluding hydrogens is 556 g/mol. The van der Waals surface area contributed by atoms with Gasteiger partial charge in [-0.2, -0.15) is 0 Å². The molecule has 45 heavy (non-hydrogen) atoms. The summed E-state index contributed by atoms with van der Waals surface area (Å²) in [5, 5.41) is 0. The molecule has 0 spiro atoms. The van der Waals surface area contributed by atoms with E-state index in [2.05, 4.69) is 59.7 Å². The molecule has 5 heteroatoms. The second-order valence-electron chi connectivity index (χ2n) is 11.1. The van der Waals surface area contributed by atoms with Crippen molar-refractivity contribution in [2.75, 3.05) is 33.3 Å². The molecule has 5 nitrogen and oxygen atoms in total.